The number of hydrogen-bond donors (Lipinski definition) is 1. The van der Waals surface area contributed by atoms with Gasteiger partial charge in [-0.2, -0.15) is 0 Å². The molecule has 2 saturated carbocycles. The number of fused-ring (bicyclic) bond motifs is 1. The molecule has 1 aromatic carbocycles. The summed E-state index contributed by atoms with van der Waals surface area (Å²) in [5.41, 5.74) is 1.26. The van der Waals surface area contributed by atoms with Gasteiger partial charge in [0.2, 0.25) is 0 Å². The molecule has 2 aromatic rings. The Hall–Kier alpha value is -2.11. The van der Waals surface area contributed by atoms with Crippen LogP contribution in [0.3, 0.4) is 0 Å². The first-order valence-corrected chi connectivity index (χ1v) is 11.4. The highest BCUT2D eigenvalue weighted by Gasteiger charge is 2.52. The van der Waals surface area contributed by atoms with Crippen LogP contribution in [0.5, 0.6) is 11.5 Å². The Bertz CT molecular complexity index is 868. The zero-order valence-corrected chi connectivity index (χ0v) is 17.8. The minimum absolute atomic E-state index is 0.249. The van der Waals surface area contributed by atoms with E-state index in [4.69, 9.17) is 9.47 Å². The van der Waals surface area contributed by atoms with Crippen LogP contribution >= 0.6 is 0 Å². The van der Waals surface area contributed by atoms with Gasteiger partial charge in [0.25, 0.3) is 0 Å². The normalized spacial score (nSPS) is 29.3. The van der Waals surface area contributed by atoms with Crippen LogP contribution in [0, 0.1) is 11.8 Å². The lowest BCUT2D eigenvalue weighted by molar-refractivity contribution is -0.0108. The van der Waals surface area contributed by atoms with Gasteiger partial charge < -0.3 is 14.6 Å². The fourth-order valence-corrected chi connectivity index (χ4v) is 5.80. The number of nitrogens with zero attached hydrogens (tertiary/aromatic N) is 2. The molecule has 2 heterocycles. The Morgan fingerprint density at radius 2 is 1.97 bits per heavy atom. The Kier molecular flexibility index (Phi) is 5.42. The number of hydrogen-bond acceptors (Lipinski definition) is 5. The predicted molar refractivity (Wildman–Crippen MR) is 116 cm³/mol. The van der Waals surface area contributed by atoms with Crippen molar-refractivity contribution >= 4 is 0 Å². The number of aliphatic hydroxyl groups is 1. The van der Waals surface area contributed by atoms with Gasteiger partial charge in [0.1, 0.15) is 5.60 Å². The molecule has 3 aliphatic rings. The molecule has 5 nitrogen and oxygen atoms in total. The van der Waals surface area contributed by atoms with Crippen molar-refractivity contribution in [1.82, 2.24) is 9.88 Å². The highest BCUT2D eigenvalue weighted by Crippen LogP contribution is 2.50. The summed E-state index contributed by atoms with van der Waals surface area (Å²) in [6.45, 7) is 2.80. The van der Waals surface area contributed by atoms with Gasteiger partial charge >= 0.3 is 0 Å². The average molecular weight is 409 g/mol. The number of pyridine rings is 1. The summed E-state index contributed by atoms with van der Waals surface area (Å²) in [5.74, 6) is 2.46. The topological polar surface area (TPSA) is 54.8 Å². The lowest BCUT2D eigenvalue weighted by atomic mass is 9.85. The monoisotopic (exact) mass is 408 g/mol. The molecule has 0 bridgehead atoms. The molecule has 2 aliphatic carbocycles. The van der Waals surface area contributed by atoms with Crippen LogP contribution in [-0.4, -0.2) is 41.3 Å². The molecular formula is C25H32N2O3. The minimum atomic E-state index is -0.794. The van der Waals surface area contributed by atoms with Gasteiger partial charge in [-0.1, -0.05) is 12.1 Å². The van der Waals surface area contributed by atoms with E-state index in [2.05, 4.69) is 28.1 Å². The Morgan fingerprint density at radius 3 is 2.73 bits per heavy atom. The zero-order valence-electron chi connectivity index (χ0n) is 17.8. The summed E-state index contributed by atoms with van der Waals surface area (Å²) in [7, 11) is 1.72. The van der Waals surface area contributed by atoms with E-state index in [1.165, 1.54) is 18.4 Å². The number of aromatic nitrogens is 1. The molecule has 5 heteroatoms. The number of methoxy groups -OCH3 is 1. The van der Waals surface area contributed by atoms with E-state index in [1.807, 2.05) is 18.2 Å². The molecule has 0 unspecified atom stereocenters. The summed E-state index contributed by atoms with van der Waals surface area (Å²) in [6, 6.07) is 12.2. The molecule has 1 saturated heterocycles. The second kappa shape index (κ2) is 8.20. The summed E-state index contributed by atoms with van der Waals surface area (Å²) < 4.78 is 11.8. The molecular weight excluding hydrogens is 376 g/mol. The van der Waals surface area contributed by atoms with Gasteiger partial charge in [-0.3, -0.25) is 9.88 Å². The molecule has 160 valence electrons. The number of benzene rings is 1. The predicted octanol–water partition coefficient (Wildman–Crippen LogP) is 4.14. The minimum Gasteiger partial charge on any atom is -0.493 e. The second-order valence-electron chi connectivity index (χ2n) is 9.25. The van der Waals surface area contributed by atoms with E-state index in [-0.39, 0.29) is 5.92 Å². The standard InChI is InChI=1S/C25H32N2O3/c1-29-23-14-18(9-10-22(23)30-20-6-2-3-7-20)15-27-16-19-11-12-25(28,21(19)17-27)24-8-4-5-13-26-24/h4-5,8-10,13-14,19-21,28H,2-3,6-7,11-12,15-17H2,1H3/t19-,21+,25-/m0/s1. The van der Waals surface area contributed by atoms with E-state index in [1.54, 1.807) is 13.3 Å². The Morgan fingerprint density at radius 1 is 1.10 bits per heavy atom. The lowest BCUT2D eigenvalue weighted by Gasteiger charge is -2.29. The number of likely N-dealkylation sites (tertiary alicyclic amines) is 1. The molecule has 3 atom stereocenters. The third kappa shape index (κ3) is 3.69. The van der Waals surface area contributed by atoms with Gasteiger partial charge in [0, 0.05) is 31.7 Å². The smallest absolute Gasteiger partial charge is 0.161 e. The third-order valence-corrected chi connectivity index (χ3v) is 7.36. The molecule has 0 radical (unpaired) electrons. The maximum absolute atomic E-state index is 11.4. The van der Waals surface area contributed by atoms with Gasteiger partial charge in [-0.15, -0.1) is 0 Å². The fourth-order valence-electron chi connectivity index (χ4n) is 5.80. The van der Waals surface area contributed by atoms with Crippen molar-refractivity contribution < 1.29 is 14.6 Å². The van der Waals surface area contributed by atoms with Crippen LogP contribution in [0.25, 0.3) is 0 Å². The first-order valence-electron chi connectivity index (χ1n) is 11.4. The van der Waals surface area contributed by atoms with Crippen LogP contribution in [0.2, 0.25) is 0 Å². The Labute approximate surface area is 179 Å². The lowest BCUT2D eigenvalue weighted by Crippen LogP contribution is -2.35. The number of rotatable bonds is 6. The largest absolute Gasteiger partial charge is 0.493 e. The van der Waals surface area contributed by atoms with Crippen molar-refractivity contribution in [1.29, 1.82) is 0 Å². The first kappa shape index (κ1) is 19.8. The van der Waals surface area contributed by atoms with Crippen molar-refractivity contribution in [3.63, 3.8) is 0 Å². The molecule has 1 aliphatic heterocycles. The molecule has 5 rings (SSSR count). The summed E-state index contributed by atoms with van der Waals surface area (Å²) in [6.07, 6.45) is 8.78. The highest BCUT2D eigenvalue weighted by molar-refractivity contribution is 5.43. The molecule has 1 N–H and O–H groups in total. The molecule has 30 heavy (non-hydrogen) atoms. The van der Waals surface area contributed by atoms with Crippen molar-refractivity contribution in [3.05, 3.63) is 53.9 Å². The fraction of sp³-hybridized carbons (Fsp3) is 0.560. The SMILES string of the molecule is COc1cc(CN2C[C@@H]3CC[C@@](O)(c4ccccn4)[C@@H]3C2)ccc1OC1CCCC1. The van der Waals surface area contributed by atoms with Crippen LogP contribution in [0.1, 0.15) is 49.8 Å². The molecule has 0 spiro atoms. The summed E-state index contributed by atoms with van der Waals surface area (Å²) in [5, 5.41) is 11.4. The van der Waals surface area contributed by atoms with Gasteiger partial charge in [-0.25, -0.2) is 0 Å². The van der Waals surface area contributed by atoms with Crippen molar-refractivity contribution in [2.45, 2.75) is 56.8 Å². The maximum atomic E-state index is 11.4. The van der Waals surface area contributed by atoms with Crippen molar-refractivity contribution in [2.24, 2.45) is 11.8 Å². The van der Waals surface area contributed by atoms with Crippen molar-refractivity contribution in [2.75, 3.05) is 20.2 Å². The summed E-state index contributed by atoms with van der Waals surface area (Å²) in [4.78, 5) is 6.94. The van der Waals surface area contributed by atoms with Crippen LogP contribution in [0.15, 0.2) is 42.6 Å². The highest BCUT2D eigenvalue weighted by atomic mass is 16.5. The van der Waals surface area contributed by atoms with E-state index in [9.17, 15) is 5.11 Å². The van der Waals surface area contributed by atoms with E-state index >= 15 is 0 Å². The van der Waals surface area contributed by atoms with Gasteiger partial charge in [0.05, 0.1) is 18.9 Å². The van der Waals surface area contributed by atoms with E-state index in [0.717, 1.165) is 62.5 Å². The molecule has 3 fully saturated rings. The maximum Gasteiger partial charge on any atom is 0.161 e. The zero-order chi connectivity index (χ0) is 20.6. The Balaban J connectivity index is 1.27. The van der Waals surface area contributed by atoms with Gasteiger partial charge in [-0.05, 0) is 74.3 Å². The third-order valence-electron chi connectivity index (χ3n) is 7.36. The van der Waals surface area contributed by atoms with Gasteiger partial charge in [0.15, 0.2) is 11.5 Å². The van der Waals surface area contributed by atoms with Crippen LogP contribution in [0.4, 0.5) is 0 Å². The van der Waals surface area contributed by atoms with E-state index < -0.39 is 5.60 Å². The van der Waals surface area contributed by atoms with Crippen LogP contribution in [-0.2, 0) is 12.1 Å². The second-order valence-corrected chi connectivity index (χ2v) is 9.25. The van der Waals surface area contributed by atoms with E-state index in [0.29, 0.717) is 12.0 Å². The average Bonchev–Trinajstić information content (AvgIpc) is 3.49. The first-order chi connectivity index (χ1) is 14.7. The molecule has 1 aromatic heterocycles. The number of ether oxygens (including phenoxy) is 2. The summed E-state index contributed by atoms with van der Waals surface area (Å²) >= 11 is 0. The molecule has 0 amide bonds. The van der Waals surface area contributed by atoms with Crippen LogP contribution < -0.4 is 9.47 Å². The van der Waals surface area contributed by atoms with Crippen molar-refractivity contribution in [3.8, 4) is 11.5 Å². The quantitative estimate of drug-likeness (QED) is 0.779.